The molecule has 22 heteroatoms. The summed E-state index contributed by atoms with van der Waals surface area (Å²) >= 11 is 0. The van der Waals surface area contributed by atoms with E-state index in [1.54, 1.807) is 52.0 Å². The number of primary amides is 2. The lowest BCUT2D eigenvalue weighted by atomic mass is 9.85. The number of hydrogen-bond donors (Lipinski definition) is 8. The Bertz CT molecular complexity index is 2550. The largest absolute Gasteiger partial charge is 0.439 e. The zero-order valence-corrected chi connectivity index (χ0v) is 49.1. The first-order valence-corrected chi connectivity index (χ1v) is 27.4. The summed E-state index contributed by atoms with van der Waals surface area (Å²) < 4.78 is 33.7. The van der Waals surface area contributed by atoms with Gasteiger partial charge in [0.05, 0.1) is 47.2 Å². The van der Waals surface area contributed by atoms with Gasteiger partial charge in [0, 0.05) is 87.8 Å². The number of unbranched alkanes of at least 4 members (excludes halogenated alkanes) is 1. The van der Waals surface area contributed by atoms with Crippen molar-refractivity contribution >= 4 is 47.1 Å². The van der Waals surface area contributed by atoms with Gasteiger partial charge in [-0.05, 0) is 89.2 Å². The lowest BCUT2D eigenvalue weighted by Gasteiger charge is -2.30. The molecule has 0 saturated heterocycles. The minimum atomic E-state index is -1.07. The molecule has 4 amide bonds. The number of ether oxygens (including phenoxy) is 6. The van der Waals surface area contributed by atoms with Crippen LogP contribution < -0.4 is 32.7 Å². The number of ketones is 4. The van der Waals surface area contributed by atoms with Crippen molar-refractivity contribution in [3.8, 4) is 0 Å². The molecule has 10 N–H and O–H groups in total. The number of nitrogens with one attached hydrogen (secondary N) is 4. The zero-order valence-electron chi connectivity index (χ0n) is 49.1. The van der Waals surface area contributed by atoms with E-state index in [-0.39, 0.29) is 95.7 Å². The van der Waals surface area contributed by atoms with E-state index >= 15 is 0 Å². The number of Topliss-reactive ketones (excluding diaryl/α,β-unsaturated/α-hetero) is 2. The number of nitrogens with two attached hydrogens (primary N) is 2. The fourth-order valence-corrected chi connectivity index (χ4v) is 10.2. The first kappa shape index (κ1) is 67.4. The second-order valence-corrected chi connectivity index (χ2v) is 21.4. The Morgan fingerprint density at radius 1 is 0.585 bits per heavy atom. The molecule has 12 atom stereocenters. The smallest absolute Gasteiger partial charge is 0.405 e. The molecule has 0 aromatic carbocycles. The van der Waals surface area contributed by atoms with Gasteiger partial charge in [0.1, 0.15) is 12.2 Å². The van der Waals surface area contributed by atoms with Crippen LogP contribution in [0.4, 0.5) is 9.59 Å². The molecular weight excluding hydrogens is 1060 g/mol. The molecular formula is C60H84N6O16. The number of carbonyl (C=O) groups excluding carboxylic acids is 8. The number of aliphatic hydroxyl groups excluding tert-OH is 2. The molecule has 0 spiro atoms. The number of fused-ring (bicyclic) bond motifs is 4. The molecule has 82 heavy (non-hydrogen) atoms. The van der Waals surface area contributed by atoms with Crippen LogP contribution in [0, 0.1) is 23.7 Å². The third kappa shape index (κ3) is 18.7. The van der Waals surface area contributed by atoms with Crippen LogP contribution in [0.1, 0.15) is 93.9 Å². The molecule has 0 unspecified atom stereocenters. The fraction of sp³-hybridized carbons (Fsp3) is 0.533. The maximum absolute atomic E-state index is 14.3. The third-order valence-electron chi connectivity index (χ3n) is 14.8. The van der Waals surface area contributed by atoms with Crippen LogP contribution in [0.15, 0.2) is 117 Å². The van der Waals surface area contributed by atoms with Gasteiger partial charge in [-0.15, -0.1) is 0 Å². The van der Waals surface area contributed by atoms with Crippen molar-refractivity contribution in [1.29, 1.82) is 0 Å². The molecule has 4 bridgehead atoms. The Kier molecular flexibility index (Phi) is 26.3. The van der Waals surface area contributed by atoms with E-state index in [4.69, 9.17) is 39.9 Å². The summed E-state index contributed by atoms with van der Waals surface area (Å²) in [5.41, 5.74) is 12.1. The highest BCUT2D eigenvalue weighted by Gasteiger charge is 2.36. The number of rotatable bonds is 13. The maximum Gasteiger partial charge on any atom is 0.405 e. The van der Waals surface area contributed by atoms with Gasteiger partial charge in [-0.2, -0.15) is 0 Å². The average molecular weight is 1150 g/mol. The molecule has 22 nitrogen and oxygen atoms in total. The zero-order chi connectivity index (χ0) is 61.1. The molecule has 0 radical (unpaired) electrons. The SMILES string of the molecule is CO[C@H]1/C=C\C=C(/C)C(=O)NC2=CC(=O)C(NCCCCNC3=C4C[C@@H](C)C[C@H](OC)[C@H](O)[C@@H](C)/C=C(\C)[C@H](OC(N)=O)[C@@H](OC)/C=C/C=C(/C)C(=O)NC(=CC3=O)C4=O)=C(C[C@@H](C)C[C@H](OC)[C@H](O)[C@@H](C)/C=C(\C)[C@@H]1OC(N)=O)C2=O. The Labute approximate surface area is 480 Å². The quantitative estimate of drug-likeness (QED) is 0.0715. The summed E-state index contributed by atoms with van der Waals surface area (Å²) in [6.07, 6.45) is 6.61. The third-order valence-corrected chi connectivity index (χ3v) is 14.8. The van der Waals surface area contributed by atoms with Gasteiger partial charge in [0.2, 0.25) is 23.1 Å². The van der Waals surface area contributed by atoms with Gasteiger partial charge in [-0.3, -0.25) is 28.8 Å². The summed E-state index contributed by atoms with van der Waals surface area (Å²) in [7, 11) is 5.72. The van der Waals surface area contributed by atoms with Gasteiger partial charge in [0.25, 0.3) is 11.8 Å². The molecule has 2 aliphatic carbocycles. The average Bonchev–Trinajstić information content (AvgIpc) is 3.52. The molecule has 0 fully saturated rings. The topological polar surface area (TPSA) is 333 Å². The Morgan fingerprint density at radius 2 is 0.939 bits per heavy atom. The highest BCUT2D eigenvalue weighted by molar-refractivity contribution is 6.24. The number of allylic oxidation sites excluding steroid dienone is 8. The van der Waals surface area contributed by atoms with Gasteiger partial charge < -0.3 is 71.4 Å². The van der Waals surface area contributed by atoms with E-state index in [1.165, 1.54) is 66.6 Å². The van der Waals surface area contributed by atoms with Crippen molar-refractivity contribution in [3.63, 3.8) is 0 Å². The fourth-order valence-electron chi connectivity index (χ4n) is 10.2. The second kappa shape index (κ2) is 31.9. The van der Waals surface area contributed by atoms with E-state index in [9.17, 15) is 48.6 Å². The van der Waals surface area contributed by atoms with Crippen LogP contribution in [0.25, 0.3) is 0 Å². The number of hydrogen-bond acceptors (Lipinski definition) is 18. The highest BCUT2D eigenvalue weighted by atomic mass is 16.6. The monoisotopic (exact) mass is 1140 g/mol. The summed E-state index contributed by atoms with van der Waals surface area (Å²) in [5.74, 6) is -5.39. The van der Waals surface area contributed by atoms with Crippen LogP contribution >= 0.6 is 0 Å². The van der Waals surface area contributed by atoms with Crippen LogP contribution in [0.2, 0.25) is 0 Å². The molecule has 0 aromatic heterocycles. The molecule has 450 valence electrons. The van der Waals surface area contributed by atoms with Crippen molar-refractivity contribution in [2.45, 2.75) is 143 Å². The number of amides is 4. The Balaban J connectivity index is 1.60. The van der Waals surface area contributed by atoms with Crippen molar-refractivity contribution in [2.24, 2.45) is 35.1 Å². The number of methoxy groups -OCH3 is 4. The van der Waals surface area contributed by atoms with Gasteiger partial charge in [-0.1, -0.05) is 76.3 Å². The first-order chi connectivity index (χ1) is 38.8. The van der Waals surface area contributed by atoms with E-state index in [1.807, 2.05) is 13.8 Å². The highest BCUT2D eigenvalue weighted by Crippen LogP contribution is 2.31. The van der Waals surface area contributed by atoms with E-state index in [0.29, 0.717) is 24.0 Å². The second-order valence-electron chi connectivity index (χ2n) is 21.4. The van der Waals surface area contributed by atoms with Crippen LogP contribution in [-0.2, 0) is 57.2 Å². The molecule has 2 aliphatic heterocycles. The predicted molar refractivity (Wildman–Crippen MR) is 304 cm³/mol. The maximum atomic E-state index is 14.3. The van der Waals surface area contributed by atoms with Gasteiger partial charge >= 0.3 is 12.2 Å². The van der Waals surface area contributed by atoms with Gasteiger partial charge in [0.15, 0.2) is 12.2 Å². The normalized spacial score (nSPS) is 32.4. The van der Waals surface area contributed by atoms with Crippen molar-refractivity contribution < 1.29 is 77.0 Å². The standard InChI is InChI=1S/C60H84N6O16/c1-31-23-39-49(43(67)29-41(53(39)71)65-57(73)33(3)17-15-19-45(77-9)55(81-59(61)75)37(7)27-35(5)51(69)47(25-31)79-11)63-21-13-14-22-64-50-40-24-32(2)26-48(80-12)52(70)36(6)28-38(8)56(82-60(62)76)46(78-10)20-16-18-34(4)58(74)66-42(54(40)72)30-44(50)68/h15-20,27-32,35-36,45-48,51-52,55-56,63-64,69-70H,13-14,21-26H2,1-12H3,(H2,61,75)(H2,62,76)(H,65,73)(H,66,74)/b19-15-,20-16+,33-17+,34-18-,37-27+,38-28+/t31-,32-,35+,36+,45+,46+,47+,48+,51-,52-,55+,56+/m1/s1. The number of aliphatic hydroxyl groups is 2. The molecule has 0 saturated carbocycles. The lowest BCUT2D eigenvalue weighted by molar-refractivity contribution is -0.120. The van der Waals surface area contributed by atoms with Crippen LogP contribution in [0.5, 0.6) is 0 Å². The minimum absolute atomic E-state index is 0.0394. The minimum Gasteiger partial charge on any atom is -0.439 e. The van der Waals surface area contributed by atoms with E-state index < -0.39 is 108 Å². The van der Waals surface area contributed by atoms with Crippen molar-refractivity contribution in [3.05, 3.63) is 117 Å². The summed E-state index contributed by atoms with van der Waals surface area (Å²) in [5, 5.41) is 34.7. The summed E-state index contributed by atoms with van der Waals surface area (Å²) in [4.78, 5) is 108. The predicted octanol–water partition coefficient (Wildman–Crippen LogP) is 4.50. The van der Waals surface area contributed by atoms with Crippen LogP contribution in [-0.4, -0.2) is 148 Å². The van der Waals surface area contributed by atoms with E-state index in [2.05, 4.69) is 21.3 Å². The first-order valence-electron chi connectivity index (χ1n) is 27.4. The van der Waals surface area contributed by atoms with Crippen LogP contribution in [0.3, 0.4) is 0 Å². The van der Waals surface area contributed by atoms with Gasteiger partial charge in [-0.25, -0.2) is 9.59 Å². The van der Waals surface area contributed by atoms with E-state index in [0.717, 1.165) is 12.2 Å². The molecule has 4 rings (SSSR count). The van der Waals surface area contributed by atoms with Crippen molar-refractivity contribution in [1.82, 2.24) is 21.3 Å². The van der Waals surface area contributed by atoms with Crippen molar-refractivity contribution in [2.75, 3.05) is 41.5 Å². The molecule has 0 aromatic rings. The summed E-state index contributed by atoms with van der Waals surface area (Å²) in [6, 6.07) is 0. The Morgan fingerprint density at radius 3 is 1.26 bits per heavy atom. The summed E-state index contributed by atoms with van der Waals surface area (Å²) in [6.45, 7) is 14.0. The number of carbonyl (C=O) groups is 8. The Hall–Kier alpha value is -7.08. The molecule has 2 heterocycles. The lowest BCUT2D eigenvalue weighted by Crippen LogP contribution is -2.38. The molecule has 4 aliphatic rings.